The van der Waals surface area contributed by atoms with E-state index in [0.29, 0.717) is 6.61 Å². The van der Waals surface area contributed by atoms with Gasteiger partial charge >= 0.3 is 12.1 Å². The molecule has 1 unspecified atom stereocenters. The topological polar surface area (TPSA) is 84.9 Å². The Morgan fingerprint density at radius 3 is 2.17 bits per heavy atom. The van der Waals surface area contributed by atoms with E-state index >= 15 is 0 Å². The maximum absolute atomic E-state index is 12.0. The maximum atomic E-state index is 12.0. The van der Waals surface area contributed by atoms with Crippen molar-refractivity contribution >= 4 is 12.1 Å². The first-order valence-corrected chi connectivity index (χ1v) is 9.96. The van der Waals surface area contributed by atoms with Crippen LogP contribution in [0.5, 0.6) is 5.75 Å². The van der Waals surface area contributed by atoms with Gasteiger partial charge in [0, 0.05) is 6.42 Å². The molecule has 30 heavy (non-hydrogen) atoms. The van der Waals surface area contributed by atoms with E-state index in [1.807, 2.05) is 57.2 Å². The number of hydrogen-bond donors (Lipinski definition) is 2. The minimum atomic E-state index is -1.11. The Labute approximate surface area is 178 Å². The highest BCUT2D eigenvalue weighted by molar-refractivity contribution is 5.80. The van der Waals surface area contributed by atoms with E-state index in [-0.39, 0.29) is 6.42 Å². The summed E-state index contributed by atoms with van der Waals surface area (Å²) in [5, 5.41) is 12.0. The lowest BCUT2D eigenvalue weighted by molar-refractivity contribution is -0.139. The largest absolute Gasteiger partial charge is 0.489 e. The first-order valence-electron chi connectivity index (χ1n) is 9.96. The van der Waals surface area contributed by atoms with Crippen LogP contribution in [-0.2, 0) is 22.6 Å². The number of carboxylic acids is 1. The van der Waals surface area contributed by atoms with Crippen molar-refractivity contribution in [2.75, 3.05) is 0 Å². The molecule has 1 amide bonds. The van der Waals surface area contributed by atoms with Crippen molar-refractivity contribution in [2.45, 2.75) is 66.2 Å². The number of aryl methyl sites for hydroxylation is 3. The number of carboxylic acid groups (broad SMARTS) is 1. The van der Waals surface area contributed by atoms with Gasteiger partial charge in [-0.2, -0.15) is 0 Å². The molecule has 162 valence electrons. The molecule has 0 aromatic heterocycles. The molecule has 0 saturated carbocycles. The van der Waals surface area contributed by atoms with Crippen LogP contribution in [0.15, 0.2) is 36.4 Å². The summed E-state index contributed by atoms with van der Waals surface area (Å²) in [6.45, 7) is 11.5. The minimum Gasteiger partial charge on any atom is -0.489 e. The van der Waals surface area contributed by atoms with Gasteiger partial charge in [0.25, 0.3) is 0 Å². The summed E-state index contributed by atoms with van der Waals surface area (Å²) in [6, 6.07) is 10.8. The fourth-order valence-corrected chi connectivity index (χ4v) is 3.15. The van der Waals surface area contributed by atoms with E-state index in [1.54, 1.807) is 20.8 Å². The smallest absolute Gasteiger partial charge is 0.408 e. The van der Waals surface area contributed by atoms with Crippen LogP contribution in [-0.4, -0.2) is 28.8 Å². The molecule has 0 heterocycles. The highest BCUT2D eigenvalue weighted by Gasteiger charge is 2.25. The highest BCUT2D eigenvalue weighted by Crippen LogP contribution is 2.24. The second-order valence-corrected chi connectivity index (χ2v) is 8.49. The molecule has 0 spiro atoms. The quantitative estimate of drug-likeness (QED) is 0.687. The predicted molar refractivity (Wildman–Crippen MR) is 116 cm³/mol. The predicted octanol–water partition coefficient (Wildman–Crippen LogP) is 4.71. The molecule has 1 atom stereocenters. The van der Waals surface area contributed by atoms with Gasteiger partial charge in [-0.25, -0.2) is 9.59 Å². The number of rotatable bonds is 7. The normalized spacial score (nSPS) is 12.2. The van der Waals surface area contributed by atoms with E-state index in [4.69, 9.17) is 9.47 Å². The molecule has 0 aliphatic rings. The average molecular weight is 414 g/mol. The number of carbonyl (C=O) groups excluding carboxylic acids is 1. The lowest BCUT2D eigenvalue weighted by Gasteiger charge is -2.23. The molecule has 2 rings (SSSR count). The lowest BCUT2D eigenvalue weighted by Crippen LogP contribution is -2.44. The van der Waals surface area contributed by atoms with Gasteiger partial charge in [-0.1, -0.05) is 24.3 Å². The number of amides is 1. The number of carbonyl (C=O) groups is 2. The molecule has 2 aromatic carbocycles. The number of ether oxygens (including phenoxy) is 2. The van der Waals surface area contributed by atoms with Gasteiger partial charge in [0.15, 0.2) is 0 Å². The zero-order valence-corrected chi connectivity index (χ0v) is 18.5. The molecule has 0 fully saturated rings. The Morgan fingerprint density at radius 2 is 1.63 bits per heavy atom. The van der Waals surface area contributed by atoms with Gasteiger partial charge in [0.2, 0.25) is 0 Å². The molecule has 6 heteroatoms. The van der Waals surface area contributed by atoms with Gasteiger partial charge in [0.1, 0.15) is 24.0 Å². The van der Waals surface area contributed by atoms with Crippen LogP contribution in [0.3, 0.4) is 0 Å². The number of nitrogens with one attached hydrogen (secondary N) is 1. The zero-order valence-electron chi connectivity index (χ0n) is 18.5. The van der Waals surface area contributed by atoms with Crippen LogP contribution in [0.4, 0.5) is 4.79 Å². The van der Waals surface area contributed by atoms with Crippen molar-refractivity contribution in [1.29, 1.82) is 0 Å². The van der Waals surface area contributed by atoms with Gasteiger partial charge in [-0.05, 0) is 81.5 Å². The summed E-state index contributed by atoms with van der Waals surface area (Å²) in [7, 11) is 0. The Kier molecular flexibility index (Phi) is 7.48. The molecular formula is C24H31NO5. The van der Waals surface area contributed by atoms with Gasteiger partial charge in [0.05, 0.1) is 0 Å². The molecule has 0 saturated heterocycles. The van der Waals surface area contributed by atoms with Crippen LogP contribution in [0, 0.1) is 20.8 Å². The van der Waals surface area contributed by atoms with E-state index in [1.165, 1.54) is 5.56 Å². The van der Waals surface area contributed by atoms with Crippen molar-refractivity contribution in [3.8, 4) is 5.75 Å². The van der Waals surface area contributed by atoms with Crippen LogP contribution < -0.4 is 10.1 Å². The number of alkyl carbamates (subject to hydrolysis) is 1. The molecule has 0 radical (unpaired) electrons. The van der Waals surface area contributed by atoms with Crippen molar-refractivity contribution in [3.05, 3.63) is 64.2 Å². The highest BCUT2D eigenvalue weighted by atomic mass is 16.6. The monoisotopic (exact) mass is 413 g/mol. The van der Waals surface area contributed by atoms with Crippen LogP contribution in [0.1, 0.15) is 48.6 Å². The van der Waals surface area contributed by atoms with Crippen LogP contribution >= 0.6 is 0 Å². The molecule has 0 bridgehead atoms. The van der Waals surface area contributed by atoms with E-state index in [2.05, 4.69) is 5.32 Å². The fourth-order valence-electron chi connectivity index (χ4n) is 3.15. The van der Waals surface area contributed by atoms with Crippen LogP contribution in [0.25, 0.3) is 0 Å². The van der Waals surface area contributed by atoms with Crippen molar-refractivity contribution < 1.29 is 24.2 Å². The van der Waals surface area contributed by atoms with Crippen molar-refractivity contribution in [2.24, 2.45) is 0 Å². The Bertz CT molecular complexity index is 891. The van der Waals surface area contributed by atoms with Gasteiger partial charge in [-0.15, -0.1) is 0 Å². The Hall–Kier alpha value is -3.02. The Morgan fingerprint density at radius 1 is 1.03 bits per heavy atom. The summed E-state index contributed by atoms with van der Waals surface area (Å²) in [4.78, 5) is 23.7. The molecule has 0 aliphatic carbocycles. The molecule has 6 nitrogen and oxygen atoms in total. The number of hydrogen-bond acceptors (Lipinski definition) is 4. The summed E-state index contributed by atoms with van der Waals surface area (Å²) >= 11 is 0. The molecule has 0 aliphatic heterocycles. The third-order valence-corrected chi connectivity index (χ3v) is 4.72. The van der Waals surface area contributed by atoms with E-state index < -0.39 is 23.7 Å². The van der Waals surface area contributed by atoms with Crippen molar-refractivity contribution in [1.82, 2.24) is 5.32 Å². The fraction of sp³-hybridized carbons (Fsp3) is 0.417. The van der Waals surface area contributed by atoms with E-state index in [9.17, 15) is 14.7 Å². The molecule has 2 aromatic rings. The first kappa shape index (κ1) is 23.3. The van der Waals surface area contributed by atoms with Crippen molar-refractivity contribution in [3.63, 3.8) is 0 Å². The molecule has 2 N–H and O–H groups in total. The summed E-state index contributed by atoms with van der Waals surface area (Å²) < 4.78 is 11.1. The minimum absolute atomic E-state index is 0.157. The third kappa shape index (κ3) is 6.79. The summed E-state index contributed by atoms with van der Waals surface area (Å²) in [6.07, 6.45) is -0.590. The van der Waals surface area contributed by atoms with Gasteiger partial charge < -0.3 is 19.9 Å². The second-order valence-electron chi connectivity index (χ2n) is 8.49. The lowest BCUT2D eigenvalue weighted by atomic mass is 9.96. The average Bonchev–Trinajstić information content (AvgIpc) is 2.61. The second kappa shape index (κ2) is 9.65. The third-order valence-electron chi connectivity index (χ3n) is 4.72. The number of benzene rings is 2. The van der Waals surface area contributed by atoms with Gasteiger partial charge in [-0.3, -0.25) is 0 Å². The molecular weight excluding hydrogens is 382 g/mol. The Balaban J connectivity index is 2.12. The maximum Gasteiger partial charge on any atom is 0.408 e. The summed E-state index contributed by atoms with van der Waals surface area (Å²) in [5.74, 6) is -0.386. The van der Waals surface area contributed by atoms with E-state index in [0.717, 1.165) is 28.0 Å². The summed E-state index contributed by atoms with van der Waals surface area (Å²) in [5.41, 5.74) is 4.26. The first-order chi connectivity index (χ1) is 14.0. The van der Waals surface area contributed by atoms with Crippen LogP contribution in [0.2, 0.25) is 0 Å². The standard InChI is InChI=1S/C24H31NO5/c1-15-9-7-8-10-18(15)14-29-19-11-16(2)20(17(3)12-19)13-21(22(26)27)25-23(28)30-24(4,5)6/h7-12,21H,13-14H2,1-6H3,(H,25,28)(H,26,27). The SMILES string of the molecule is Cc1ccccc1COc1cc(C)c(CC(NC(=O)OC(C)(C)C)C(=O)O)c(C)c1. The number of aliphatic carboxylic acids is 1. The zero-order chi connectivity index (χ0) is 22.5.